The first-order chi connectivity index (χ1) is 13.4. The van der Waals surface area contributed by atoms with Crippen molar-refractivity contribution in [3.63, 3.8) is 0 Å². The van der Waals surface area contributed by atoms with E-state index in [2.05, 4.69) is 10.3 Å². The van der Waals surface area contributed by atoms with Crippen molar-refractivity contribution in [3.8, 4) is 0 Å². The number of carbonyl (C=O) groups excluding carboxylic acids is 1. The Hall–Kier alpha value is -2.25. The highest BCUT2D eigenvalue weighted by molar-refractivity contribution is 7.98. The highest BCUT2D eigenvalue weighted by atomic mass is 32.2. The third-order valence-electron chi connectivity index (χ3n) is 4.12. The smallest absolute Gasteiger partial charge is 0.251 e. The fourth-order valence-electron chi connectivity index (χ4n) is 2.73. The van der Waals surface area contributed by atoms with Gasteiger partial charge in [-0.05, 0) is 56.7 Å². The minimum atomic E-state index is -0.599. The predicted molar refractivity (Wildman–Crippen MR) is 110 cm³/mol. The number of thiazole rings is 1. The standard InChI is InChI=1S/C21H20F2N2OS2/c1-13(10-18-19(22)4-3-5-20(18)23)24-21(26)15-6-8-17(9-7-15)28-12-16-11-27-14(2)25-16/h3-9,11,13H,10,12H2,1-2H3,(H,24,26). The summed E-state index contributed by atoms with van der Waals surface area (Å²) < 4.78 is 27.5. The summed E-state index contributed by atoms with van der Waals surface area (Å²) in [6.45, 7) is 3.71. The van der Waals surface area contributed by atoms with Crippen molar-refractivity contribution in [1.82, 2.24) is 10.3 Å². The number of halogens is 2. The van der Waals surface area contributed by atoms with Gasteiger partial charge in [-0.1, -0.05) is 6.07 Å². The average molecular weight is 419 g/mol. The number of rotatable bonds is 7. The third kappa shape index (κ3) is 5.39. The van der Waals surface area contributed by atoms with E-state index < -0.39 is 17.7 Å². The van der Waals surface area contributed by atoms with Crippen LogP contribution in [0.4, 0.5) is 8.78 Å². The zero-order valence-electron chi connectivity index (χ0n) is 15.5. The van der Waals surface area contributed by atoms with Gasteiger partial charge in [-0.2, -0.15) is 0 Å². The van der Waals surface area contributed by atoms with Gasteiger partial charge in [-0.25, -0.2) is 13.8 Å². The van der Waals surface area contributed by atoms with E-state index in [1.807, 2.05) is 24.4 Å². The minimum absolute atomic E-state index is 0.0145. The molecule has 1 heterocycles. The fraction of sp³-hybridized carbons (Fsp3) is 0.238. The van der Waals surface area contributed by atoms with Crippen LogP contribution >= 0.6 is 23.1 Å². The van der Waals surface area contributed by atoms with Gasteiger partial charge >= 0.3 is 0 Å². The maximum Gasteiger partial charge on any atom is 0.251 e. The number of thioether (sulfide) groups is 1. The van der Waals surface area contributed by atoms with E-state index in [9.17, 15) is 13.6 Å². The quantitative estimate of drug-likeness (QED) is 0.524. The van der Waals surface area contributed by atoms with Crippen molar-refractivity contribution in [1.29, 1.82) is 0 Å². The minimum Gasteiger partial charge on any atom is -0.349 e. The highest BCUT2D eigenvalue weighted by Crippen LogP contribution is 2.24. The summed E-state index contributed by atoms with van der Waals surface area (Å²) in [5, 5.41) is 5.89. The first-order valence-electron chi connectivity index (χ1n) is 8.80. The number of nitrogens with one attached hydrogen (secondary N) is 1. The molecule has 3 aromatic rings. The predicted octanol–water partition coefficient (Wildman–Crippen LogP) is 5.38. The van der Waals surface area contributed by atoms with Gasteiger partial charge < -0.3 is 5.32 Å². The van der Waals surface area contributed by atoms with Gasteiger partial charge in [0.1, 0.15) is 11.6 Å². The molecule has 2 aromatic carbocycles. The van der Waals surface area contributed by atoms with Crippen LogP contribution < -0.4 is 5.32 Å². The largest absolute Gasteiger partial charge is 0.349 e. The summed E-state index contributed by atoms with van der Waals surface area (Å²) >= 11 is 3.28. The molecular weight excluding hydrogens is 398 g/mol. The van der Waals surface area contributed by atoms with Crippen LogP contribution in [0.1, 0.15) is 33.5 Å². The first kappa shape index (κ1) is 20.5. The van der Waals surface area contributed by atoms with Crippen molar-refractivity contribution < 1.29 is 13.6 Å². The molecule has 1 aromatic heterocycles. The van der Waals surface area contributed by atoms with Crippen LogP contribution in [-0.2, 0) is 12.2 Å². The second-order valence-corrected chi connectivity index (χ2v) is 8.56. The lowest BCUT2D eigenvalue weighted by molar-refractivity contribution is 0.0939. The molecule has 0 spiro atoms. The lowest BCUT2D eigenvalue weighted by Gasteiger charge is -2.15. The van der Waals surface area contributed by atoms with Crippen LogP contribution in [0.2, 0.25) is 0 Å². The van der Waals surface area contributed by atoms with Gasteiger partial charge in [0.2, 0.25) is 0 Å². The van der Waals surface area contributed by atoms with Gasteiger partial charge in [0.05, 0.1) is 10.7 Å². The Labute approximate surface area is 171 Å². The Morgan fingerprint density at radius 3 is 2.46 bits per heavy atom. The van der Waals surface area contributed by atoms with Gasteiger partial charge in [0.15, 0.2) is 0 Å². The summed E-state index contributed by atoms with van der Waals surface area (Å²) in [6, 6.07) is 10.6. The highest BCUT2D eigenvalue weighted by Gasteiger charge is 2.15. The molecule has 1 unspecified atom stereocenters. The number of benzene rings is 2. The summed E-state index contributed by atoms with van der Waals surface area (Å²) in [7, 11) is 0. The zero-order chi connectivity index (χ0) is 20.1. The molecular formula is C21H20F2N2OS2. The van der Waals surface area contributed by atoms with Crippen molar-refractivity contribution in [3.05, 3.63) is 81.3 Å². The van der Waals surface area contributed by atoms with E-state index in [-0.39, 0.29) is 17.9 Å². The van der Waals surface area contributed by atoms with Crippen LogP contribution in [0.5, 0.6) is 0 Å². The first-order valence-corrected chi connectivity index (χ1v) is 10.7. The molecule has 0 aliphatic carbocycles. The number of hydrogen-bond donors (Lipinski definition) is 1. The lowest BCUT2D eigenvalue weighted by atomic mass is 10.1. The van der Waals surface area contributed by atoms with Crippen molar-refractivity contribution in [2.45, 2.75) is 37.0 Å². The van der Waals surface area contributed by atoms with E-state index in [1.54, 1.807) is 42.2 Å². The zero-order valence-corrected chi connectivity index (χ0v) is 17.2. The Balaban J connectivity index is 1.55. The Morgan fingerprint density at radius 2 is 1.86 bits per heavy atom. The van der Waals surface area contributed by atoms with Gasteiger partial charge in [0.25, 0.3) is 5.91 Å². The summed E-state index contributed by atoms with van der Waals surface area (Å²) in [6.07, 6.45) is 0.0885. The van der Waals surface area contributed by atoms with Crippen molar-refractivity contribution in [2.24, 2.45) is 0 Å². The van der Waals surface area contributed by atoms with E-state index in [0.29, 0.717) is 5.56 Å². The second kappa shape index (κ2) is 9.30. The molecule has 7 heteroatoms. The number of aromatic nitrogens is 1. The van der Waals surface area contributed by atoms with Crippen LogP contribution in [0.15, 0.2) is 52.7 Å². The average Bonchev–Trinajstić information content (AvgIpc) is 3.09. The van der Waals surface area contributed by atoms with Crippen LogP contribution in [0, 0.1) is 18.6 Å². The summed E-state index contributed by atoms with van der Waals surface area (Å²) in [5.41, 5.74) is 1.54. The molecule has 28 heavy (non-hydrogen) atoms. The monoisotopic (exact) mass is 418 g/mol. The van der Waals surface area contributed by atoms with E-state index in [4.69, 9.17) is 0 Å². The molecule has 0 radical (unpaired) electrons. The fourth-order valence-corrected chi connectivity index (χ4v) is 4.24. The number of amides is 1. The number of hydrogen-bond acceptors (Lipinski definition) is 4. The maximum absolute atomic E-state index is 13.8. The molecule has 0 saturated carbocycles. The van der Waals surface area contributed by atoms with Crippen molar-refractivity contribution in [2.75, 3.05) is 0 Å². The van der Waals surface area contributed by atoms with Gasteiger partial charge in [0, 0.05) is 33.2 Å². The Bertz CT molecular complexity index is 937. The molecule has 3 nitrogen and oxygen atoms in total. The SMILES string of the molecule is Cc1nc(CSc2ccc(C(=O)NC(C)Cc3c(F)cccc3F)cc2)cs1. The molecule has 3 rings (SSSR count). The molecule has 0 bridgehead atoms. The van der Waals surface area contributed by atoms with Gasteiger partial charge in [-0.3, -0.25) is 4.79 Å². The molecule has 1 atom stereocenters. The summed E-state index contributed by atoms with van der Waals surface area (Å²) in [4.78, 5) is 17.9. The summed E-state index contributed by atoms with van der Waals surface area (Å²) in [5.74, 6) is -0.687. The number of nitrogens with zero attached hydrogens (tertiary/aromatic N) is 1. The molecule has 0 fully saturated rings. The molecule has 1 N–H and O–H groups in total. The van der Waals surface area contributed by atoms with Crippen LogP contribution in [0.25, 0.3) is 0 Å². The molecule has 0 aliphatic heterocycles. The number of carbonyl (C=O) groups is 1. The van der Waals surface area contributed by atoms with E-state index in [1.165, 1.54) is 18.2 Å². The topological polar surface area (TPSA) is 42.0 Å². The normalized spacial score (nSPS) is 12.0. The molecule has 146 valence electrons. The molecule has 1 amide bonds. The third-order valence-corrected chi connectivity index (χ3v) is 5.99. The van der Waals surface area contributed by atoms with Crippen LogP contribution in [0.3, 0.4) is 0 Å². The Kier molecular flexibility index (Phi) is 6.80. The van der Waals surface area contributed by atoms with Crippen LogP contribution in [-0.4, -0.2) is 16.9 Å². The van der Waals surface area contributed by atoms with E-state index in [0.717, 1.165) is 21.3 Å². The number of aryl methyl sites for hydroxylation is 1. The van der Waals surface area contributed by atoms with Crippen molar-refractivity contribution >= 4 is 29.0 Å². The lowest BCUT2D eigenvalue weighted by Crippen LogP contribution is -2.34. The maximum atomic E-state index is 13.8. The van der Waals surface area contributed by atoms with Gasteiger partial charge in [-0.15, -0.1) is 23.1 Å². The molecule has 0 aliphatic rings. The molecule has 0 saturated heterocycles. The second-order valence-electron chi connectivity index (χ2n) is 6.45. The Morgan fingerprint density at radius 1 is 1.18 bits per heavy atom. The van der Waals surface area contributed by atoms with E-state index >= 15 is 0 Å².